The summed E-state index contributed by atoms with van der Waals surface area (Å²) in [4.78, 5) is 22.8. The van der Waals surface area contributed by atoms with Crippen LogP contribution < -0.4 is 10.1 Å². The first-order valence-corrected chi connectivity index (χ1v) is 8.78. The lowest BCUT2D eigenvalue weighted by Gasteiger charge is -2.08. The fourth-order valence-electron chi connectivity index (χ4n) is 2.21. The van der Waals surface area contributed by atoms with E-state index < -0.39 is 6.09 Å². The van der Waals surface area contributed by atoms with Crippen LogP contribution in [0.3, 0.4) is 0 Å². The van der Waals surface area contributed by atoms with Gasteiger partial charge in [0, 0.05) is 18.7 Å². The first kappa shape index (κ1) is 20.2. The van der Waals surface area contributed by atoms with Crippen molar-refractivity contribution >= 4 is 11.9 Å². The molecule has 0 aliphatic carbocycles. The summed E-state index contributed by atoms with van der Waals surface area (Å²) in [6.45, 7) is 5.33. The Kier molecular flexibility index (Phi) is 10.5. The number of ether oxygens (including phenoxy) is 2. The number of hydrogen-bond donors (Lipinski definition) is 1. The van der Waals surface area contributed by atoms with Gasteiger partial charge in [-0.25, -0.2) is 4.79 Å². The Hall–Kier alpha value is -1.88. The van der Waals surface area contributed by atoms with Crippen LogP contribution in [-0.4, -0.2) is 31.6 Å². The summed E-state index contributed by atoms with van der Waals surface area (Å²) in [6, 6.07) is 6.47. The van der Waals surface area contributed by atoms with Gasteiger partial charge in [-0.2, -0.15) is 0 Å². The molecule has 24 heavy (non-hydrogen) atoms. The molecule has 0 saturated heterocycles. The van der Waals surface area contributed by atoms with Crippen LogP contribution in [0.2, 0.25) is 0 Å². The molecule has 1 amide bonds. The first-order chi connectivity index (χ1) is 11.6. The van der Waals surface area contributed by atoms with Gasteiger partial charge in [0.25, 0.3) is 0 Å². The van der Waals surface area contributed by atoms with Crippen molar-refractivity contribution in [3.8, 4) is 5.75 Å². The van der Waals surface area contributed by atoms with Crippen molar-refractivity contribution in [2.24, 2.45) is 0 Å². The normalized spacial score (nSPS) is 10.4. The molecular formula is C19H29NO4. The number of amides is 1. The second kappa shape index (κ2) is 12.5. The number of carbonyl (C=O) groups is 2. The third-order valence-corrected chi connectivity index (χ3v) is 3.63. The maximum Gasteiger partial charge on any atom is 0.412 e. The first-order valence-electron chi connectivity index (χ1n) is 8.78. The Morgan fingerprint density at radius 2 is 1.62 bits per heavy atom. The zero-order chi connectivity index (χ0) is 17.6. The minimum atomic E-state index is -0.520. The fourth-order valence-corrected chi connectivity index (χ4v) is 2.21. The number of benzene rings is 1. The van der Waals surface area contributed by atoms with Gasteiger partial charge in [-0.05, 0) is 37.6 Å². The van der Waals surface area contributed by atoms with E-state index >= 15 is 0 Å². The number of hydrogen-bond acceptors (Lipinski definition) is 4. The van der Waals surface area contributed by atoms with Crippen LogP contribution in [0.1, 0.15) is 62.7 Å². The molecular weight excluding hydrogens is 306 g/mol. The summed E-state index contributed by atoms with van der Waals surface area (Å²) < 4.78 is 10.6. The second-order valence-corrected chi connectivity index (χ2v) is 5.78. The predicted octanol–water partition coefficient (Wildman–Crippen LogP) is 4.35. The molecule has 0 fully saturated rings. The number of unbranched alkanes of at least 4 members (excludes halogenated alkanes) is 5. The molecule has 0 bridgehead atoms. The molecule has 5 nitrogen and oxygen atoms in total. The van der Waals surface area contributed by atoms with Crippen molar-refractivity contribution < 1.29 is 19.1 Å². The number of Topliss-reactive ketones (excluding diaryl/α,β-unsaturated/α-hetero) is 1. The average Bonchev–Trinajstić information content (AvgIpc) is 2.57. The van der Waals surface area contributed by atoms with Crippen molar-refractivity contribution in [3.05, 3.63) is 29.8 Å². The topological polar surface area (TPSA) is 64.6 Å². The van der Waals surface area contributed by atoms with Crippen LogP contribution in [0.25, 0.3) is 0 Å². The van der Waals surface area contributed by atoms with Gasteiger partial charge in [0.1, 0.15) is 5.75 Å². The molecule has 0 saturated carbocycles. The molecule has 5 heteroatoms. The Bertz CT molecular complexity index is 485. The monoisotopic (exact) mass is 335 g/mol. The van der Waals surface area contributed by atoms with E-state index in [9.17, 15) is 9.59 Å². The molecule has 0 aromatic heterocycles. The molecule has 0 radical (unpaired) electrons. The summed E-state index contributed by atoms with van der Waals surface area (Å²) in [7, 11) is 0. The van der Waals surface area contributed by atoms with Gasteiger partial charge in [-0.1, -0.05) is 39.0 Å². The zero-order valence-corrected chi connectivity index (χ0v) is 14.8. The van der Waals surface area contributed by atoms with Gasteiger partial charge in [0.2, 0.25) is 0 Å². The lowest BCUT2D eigenvalue weighted by molar-refractivity contribution is 0.101. The minimum absolute atomic E-state index is 0.0199. The maximum atomic E-state index is 11.6. The highest BCUT2D eigenvalue weighted by molar-refractivity contribution is 5.94. The van der Waals surface area contributed by atoms with Gasteiger partial charge < -0.3 is 14.8 Å². The fraction of sp³-hybridized carbons (Fsp3) is 0.579. The Morgan fingerprint density at radius 3 is 2.29 bits per heavy atom. The third kappa shape index (κ3) is 9.30. The highest BCUT2D eigenvalue weighted by Crippen LogP contribution is 2.12. The van der Waals surface area contributed by atoms with E-state index in [1.807, 2.05) is 0 Å². The Labute approximate surface area is 144 Å². The quantitative estimate of drug-likeness (QED) is 0.455. The number of carbonyl (C=O) groups excluding carboxylic acids is 2. The summed E-state index contributed by atoms with van der Waals surface area (Å²) in [5.41, 5.74) is 0.589. The van der Waals surface area contributed by atoms with Crippen LogP contribution >= 0.6 is 0 Å². The van der Waals surface area contributed by atoms with E-state index in [0.29, 0.717) is 24.5 Å². The predicted molar refractivity (Wildman–Crippen MR) is 94.7 cm³/mol. The Balaban J connectivity index is 2.03. The van der Waals surface area contributed by atoms with E-state index in [2.05, 4.69) is 12.2 Å². The van der Waals surface area contributed by atoms with Crippen LogP contribution in [-0.2, 0) is 4.74 Å². The molecule has 1 N–H and O–H groups in total. The lowest BCUT2D eigenvalue weighted by Crippen LogP contribution is -2.30. The van der Waals surface area contributed by atoms with Crippen molar-refractivity contribution in [2.45, 2.75) is 52.4 Å². The smallest absolute Gasteiger partial charge is 0.410 e. The van der Waals surface area contributed by atoms with Crippen molar-refractivity contribution in [1.82, 2.24) is 5.32 Å². The maximum absolute atomic E-state index is 11.6. The van der Waals surface area contributed by atoms with E-state index in [4.69, 9.17) is 9.47 Å². The molecule has 0 unspecified atom stereocenters. The van der Waals surface area contributed by atoms with Gasteiger partial charge in [-0.15, -0.1) is 0 Å². The molecule has 1 rings (SSSR count). The minimum Gasteiger partial charge on any atom is -0.410 e. The van der Waals surface area contributed by atoms with Crippen LogP contribution in [0, 0.1) is 0 Å². The second-order valence-electron chi connectivity index (χ2n) is 5.78. The van der Waals surface area contributed by atoms with Gasteiger partial charge in [0.05, 0.1) is 6.61 Å². The lowest BCUT2D eigenvalue weighted by atomic mass is 10.1. The van der Waals surface area contributed by atoms with E-state index in [-0.39, 0.29) is 5.78 Å². The Morgan fingerprint density at radius 1 is 0.958 bits per heavy atom. The molecule has 0 aliphatic heterocycles. The van der Waals surface area contributed by atoms with Gasteiger partial charge in [0.15, 0.2) is 5.78 Å². The molecule has 1 aromatic rings. The van der Waals surface area contributed by atoms with Crippen molar-refractivity contribution in [3.63, 3.8) is 0 Å². The zero-order valence-electron chi connectivity index (χ0n) is 14.8. The summed E-state index contributed by atoms with van der Waals surface area (Å²) in [5.74, 6) is 0.388. The molecule has 0 aliphatic rings. The summed E-state index contributed by atoms with van der Waals surface area (Å²) >= 11 is 0. The third-order valence-electron chi connectivity index (χ3n) is 3.63. The average molecular weight is 335 g/mol. The molecule has 0 atom stereocenters. The number of nitrogens with one attached hydrogen (secondary N) is 1. The summed E-state index contributed by atoms with van der Waals surface area (Å²) in [6.07, 6.45) is 6.89. The van der Waals surface area contributed by atoms with Crippen molar-refractivity contribution in [2.75, 3.05) is 19.8 Å². The summed E-state index contributed by atoms with van der Waals surface area (Å²) in [5, 5.41) is 2.63. The standard InChI is InChI=1S/C19H29NO4/c1-3-4-5-6-7-8-14-23-15-13-20-19(22)24-18-11-9-17(10-12-18)16(2)21/h9-12H,3-8,13-15H2,1-2H3,(H,20,22). The van der Waals surface area contributed by atoms with Crippen molar-refractivity contribution in [1.29, 1.82) is 0 Å². The SMILES string of the molecule is CCCCCCCCOCCNC(=O)Oc1ccc(C(C)=O)cc1. The van der Waals surface area contributed by atoms with Crippen LogP contribution in [0.4, 0.5) is 4.79 Å². The van der Waals surface area contributed by atoms with Crippen LogP contribution in [0.15, 0.2) is 24.3 Å². The number of ketones is 1. The highest BCUT2D eigenvalue weighted by atomic mass is 16.6. The molecule has 0 spiro atoms. The van der Waals surface area contributed by atoms with E-state index in [1.54, 1.807) is 24.3 Å². The highest BCUT2D eigenvalue weighted by Gasteiger charge is 2.05. The molecule has 0 heterocycles. The molecule has 1 aromatic carbocycles. The number of rotatable bonds is 12. The van der Waals surface area contributed by atoms with Gasteiger partial charge in [-0.3, -0.25) is 4.79 Å². The molecule has 134 valence electrons. The van der Waals surface area contributed by atoms with Gasteiger partial charge >= 0.3 is 6.09 Å². The van der Waals surface area contributed by atoms with E-state index in [1.165, 1.54) is 39.0 Å². The largest absolute Gasteiger partial charge is 0.412 e. The van der Waals surface area contributed by atoms with Crippen LogP contribution in [0.5, 0.6) is 5.75 Å². The van der Waals surface area contributed by atoms with E-state index in [0.717, 1.165) is 13.0 Å².